The van der Waals surface area contributed by atoms with Gasteiger partial charge in [0.1, 0.15) is 7.79 Å². The summed E-state index contributed by atoms with van der Waals surface area (Å²) in [5, 5.41) is 0. The molecule has 2 atom stereocenters. The molecule has 0 N–H and O–H groups in total. The average Bonchev–Trinajstić information content (AvgIpc) is 2.85. The molecule has 126 valence electrons. The maximum atomic E-state index is 13.7. The first-order valence-electron chi connectivity index (χ1n) is 8.07. The van der Waals surface area contributed by atoms with Crippen LogP contribution in [-0.4, -0.2) is 59.3 Å². The van der Waals surface area contributed by atoms with Crippen LogP contribution in [0.4, 0.5) is 0 Å². The normalized spacial score (nSPS) is 26.7. The number of rotatable bonds is 9. The van der Waals surface area contributed by atoms with Crippen LogP contribution in [0.15, 0.2) is 0 Å². The minimum absolute atomic E-state index is 0.572. The van der Waals surface area contributed by atoms with Crippen LogP contribution in [0.5, 0.6) is 0 Å². The summed E-state index contributed by atoms with van der Waals surface area (Å²) in [5.74, 6) is 0. The van der Waals surface area contributed by atoms with E-state index in [1.807, 2.05) is 6.92 Å². The Balaban J connectivity index is 3.20. The fourth-order valence-electron chi connectivity index (χ4n) is 2.99. The summed E-state index contributed by atoms with van der Waals surface area (Å²) < 4.78 is 12.5. The molecular formula is C13H31N3O2P2S. The summed E-state index contributed by atoms with van der Waals surface area (Å²) in [7, 11) is -2.58. The van der Waals surface area contributed by atoms with Crippen LogP contribution in [0, 0.1) is 0 Å². The molecule has 1 saturated heterocycles. The van der Waals surface area contributed by atoms with Crippen LogP contribution in [0.1, 0.15) is 41.0 Å². The molecule has 1 fully saturated rings. The Labute approximate surface area is 136 Å². The maximum Gasteiger partial charge on any atom is 0.236 e. The van der Waals surface area contributed by atoms with Gasteiger partial charge in [-0.1, -0.05) is 13.8 Å². The largest absolute Gasteiger partial charge is 0.650 e. The fraction of sp³-hybridized carbons (Fsp3) is 1.00. The predicted molar refractivity (Wildman–Crippen MR) is 94.9 cm³/mol. The Morgan fingerprint density at radius 3 is 2.14 bits per heavy atom. The second kappa shape index (κ2) is 8.65. The smallest absolute Gasteiger partial charge is 0.236 e. The van der Waals surface area contributed by atoms with Crippen LogP contribution in [0.2, 0.25) is 0 Å². The van der Waals surface area contributed by atoms with Gasteiger partial charge in [0.25, 0.3) is 0 Å². The van der Waals surface area contributed by atoms with Gasteiger partial charge in [-0.2, -0.15) is 4.67 Å². The number of hydrogen-bond acceptors (Lipinski definition) is 4. The van der Waals surface area contributed by atoms with Gasteiger partial charge in [0.05, 0.1) is 12.8 Å². The van der Waals surface area contributed by atoms with Crippen molar-refractivity contribution in [2.24, 2.45) is 0 Å². The second-order valence-corrected chi connectivity index (χ2v) is 11.9. The molecular weight excluding hydrogens is 324 g/mol. The summed E-state index contributed by atoms with van der Waals surface area (Å²) >= 11 is 5.99. The molecule has 1 heterocycles. The molecule has 0 spiro atoms. The molecule has 0 bridgehead atoms. The maximum absolute atomic E-state index is 13.7. The monoisotopic (exact) mass is 355 g/mol. The first-order chi connectivity index (χ1) is 9.94. The van der Waals surface area contributed by atoms with Crippen molar-refractivity contribution in [3.8, 4) is 0 Å². The third kappa shape index (κ3) is 3.87. The minimum Gasteiger partial charge on any atom is -0.650 e. The van der Waals surface area contributed by atoms with Crippen molar-refractivity contribution in [2.45, 2.75) is 41.0 Å². The van der Waals surface area contributed by atoms with Gasteiger partial charge in [0, 0.05) is 39.1 Å². The molecule has 2 unspecified atom stereocenters. The predicted octanol–water partition coefficient (Wildman–Crippen LogP) is 2.76. The fourth-order valence-corrected chi connectivity index (χ4v) is 12.5. The highest BCUT2D eigenvalue weighted by molar-refractivity contribution is 8.12. The molecule has 0 amide bonds. The quantitative estimate of drug-likeness (QED) is 0.593. The summed E-state index contributed by atoms with van der Waals surface area (Å²) in [5.41, 5.74) is 0. The molecule has 1 rings (SSSR count). The van der Waals surface area contributed by atoms with Crippen LogP contribution in [-0.2, 0) is 16.3 Å². The van der Waals surface area contributed by atoms with Crippen molar-refractivity contribution in [2.75, 3.05) is 45.5 Å². The van der Waals surface area contributed by atoms with E-state index in [-0.39, 0.29) is 0 Å². The van der Waals surface area contributed by atoms with Crippen molar-refractivity contribution in [1.29, 1.82) is 0 Å². The van der Waals surface area contributed by atoms with E-state index in [2.05, 4.69) is 41.5 Å². The Morgan fingerprint density at radius 1 is 1.14 bits per heavy atom. The van der Waals surface area contributed by atoms with Crippen LogP contribution < -0.4 is 4.89 Å². The van der Waals surface area contributed by atoms with E-state index in [0.29, 0.717) is 6.61 Å². The van der Waals surface area contributed by atoms with E-state index in [1.165, 1.54) is 0 Å². The van der Waals surface area contributed by atoms with Gasteiger partial charge in [-0.25, -0.2) is 4.67 Å². The summed E-state index contributed by atoms with van der Waals surface area (Å²) in [6.45, 7) is 12.6. The highest BCUT2D eigenvalue weighted by Gasteiger charge is 2.53. The molecule has 0 saturated carbocycles. The third-order valence-electron chi connectivity index (χ3n) is 4.02. The molecule has 0 aromatic carbocycles. The van der Waals surface area contributed by atoms with E-state index in [9.17, 15) is 4.89 Å². The zero-order chi connectivity index (χ0) is 16.1. The van der Waals surface area contributed by atoms with Crippen molar-refractivity contribution in [3.05, 3.63) is 0 Å². The van der Waals surface area contributed by atoms with Crippen LogP contribution >= 0.6 is 14.4 Å². The van der Waals surface area contributed by atoms with Gasteiger partial charge in [-0.3, -0.25) is 0 Å². The molecule has 21 heavy (non-hydrogen) atoms. The molecule has 0 aromatic heterocycles. The highest BCUT2D eigenvalue weighted by atomic mass is 32.5. The standard InChI is InChI=1S/C13H31N3O2P2S/c1-6-14(7-2)19(17)13-11-12-16(19)20(21,18-10-5)15(8-3)9-4/h6-13H2,1-5H3. The van der Waals surface area contributed by atoms with Gasteiger partial charge in [0.15, 0.2) is 0 Å². The number of nitrogens with zero attached hydrogens (tertiary/aromatic N) is 3. The van der Waals surface area contributed by atoms with Crippen molar-refractivity contribution in [1.82, 2.24) is 13.8 Å². The lowest BCUT2D eigenvalue weighted by molar-refractivity contribution is -0.188. The lowest BCUT2D eigenvalue weighted by atomic mass is 10.5. The lowest BCUT2D eigenvalue weighted by Gasteiger charge is -2.48. The van der Waals surface area contributed by atoms with Gasteiger partial charge in [0.2, 0.25) is 6.57 Å². The zero-order valence-corrected chi connectivity index (χ0v) is 16.7. The molecule has 5 nitrogen and oxygen atoms in total. The minimum atomic E-state index is -2.58. The van der Waals surface area contributed by atoms with Crippen molar-refractivity contribution < 1.29 is 9.42 Å². The summed E-state index contributed by atoms with van der Waals surface area (Å²) in [6, 6.07) is 0. The Hall–Kier alpha value is 0.880. The molecule has 0 radical (unpaired) electrons. The highest BCUT2D eigenvalue weighted by Crippen LogP contribution is 2.74. The van der Waals surface area contributed by atoms with Crippen molar-refractivity contribution in [3.63, 3.8) is 0 Å². The van der Waals surface area contributed by atoms with Gasteiger partial charge in [-0.15, -0.1) is 4.44 Å². The Kier molecular flexibility index (Phi) is 8.21. The van der Waals surface area contributed by atoms with E-state index in [4.69, 9.17) is 16.3 Å². The lowest BCUT2D eigenvalue weighted by Crippen LogP contribution is -2.42. The molecule has 1 aliphatic heterocycles. The van der Waals surface area contributed by atoms with Gasteiger partial charge in [-0.05, 0) is 32.6 Å². The molecule has 8 heteroatoms. The summed E-state index contributed by atoms with van der Waals surface area (Å²) in [4.78, 5) is 13.7. The molecule has 1 aliphatic rings. The number of hydrogen-bond donors (Lipinski definition) is 0. The molecule has 0 aromatic rings. The van der Waals surface area contributed by atoms with E-state index >= 15 is 0 Å². The Morgan fingerprint density at radius 2 is 1.71 bits per heavy atom. The van der Waals surface area contributed by atoms with Gasteiger partial charge < -0.3 is 9.42 Å². The first kappa shape index (κ1) is 19.9. The van der Waals surface area contributed by atoms with Crippen LogP contribution in [0.25, 0.3) is 0 Å². The Bertz CT molecular complexity index is 367. The third-order valence-corrected chi connectivity index (χ3v) is 13.5. The van der Waals surface area contributed by atoms with E-state index in [0.717, 1.165) is 45.3 Å². The average molecular weight is 355 g/mol. The second-order valence-electron chi connectivity index (χ2n) is 5.02. The zero-order valence-electron chi connectivity index (χ0n) is 14.1. The first-order valence-corrected chi connectivity index (χ1v) is 12.5. The van der Waals surface area contributed by atoms with Gasteiger partial charge >= 0.3 is 0 Å². The summed E-state index contributed by atoms with van der Waals surface area (Å²) in [6.07, 6.45) is 1.68. The topological polar surface area (TPSA) is 42.0 Å². The van der Waals surface area contributed by atoms with E-state index < -0.39 is 14.4 Å². The van der Waals surface area contributed by atoms with Crippen LogP contribution in [0.3, 0.4) is 0 Å². The SMILES string of the molecule is CCOP(=S)(N(CC)CC)N1CCC[P+]1([O-])N(CC)CC. The van der Waals surface area contributed by atoms with Crippen molar-refractivity contribution >= 4 is 26.2 Å². The van der Waals surface area contributed by atoms with E-state index in [1.54, 1.807) is 0 Å². The molecule has 0 aliphatic carbocycles.